The molecule has 4 aliphatic carbocycles. The molecule has 0 aromatic rings. The van der Waals surface area contributed by atoms with Crippen LogP contribution in [0.1, 0.15) is 73.1 Å². The lowest BCUT2D eigenvalue weighted by molar-refractivity contribution is -0.144. The van der Waals surface area contributed by atoms with Gasteiger partial charge in [0.05, 0.1) is 11.6 Å². The van der Waals surface area contributed by atoms with Crippen LogP contribution in [0, 0.1) is 34.0 Å². The van der Waals surface area contributed by atoms with E-state index in [1.54, 1.807) is 18.0 Å². The lowest BCUT2D eigenvalue weighted by Gasteiger charge is -2.56. The Balaban J connectivity index is 1.77. The van der Waals surface area contributed by atoms with E-state index in [0.717, 1.165) is 18.4 Å². The van der Waals surface area contributed by atoms with E-state index in [2.05, 4.69) is 19.9 Å². The van der Waals surface area contributed by atoms with Crippen molar-refractivity contribution in [2.45, 2.75) is 79.2 Å². The minimum absolute atomic E-state index is 0.0774. The molecule has 0 saturated heterocycles. The zero-order valence-electron chi connectivity index (χ0n) is 19.8. The molecule has 4 rings (SSSR count). The average Bonchev–Trinajstić information content (AvgIpc) is 3.05. The van der Waals surface area contributed by atoms with Crippen molar-refractivity contribution in [1.82, 2.24) is 4.90 Å². The van der Waals surface area contributed by atoms with Crippen molar-refractivity contribution in [3.05, 3.63) is 23.3 Å². The van der Waals surface area contributed by atoms with Gasteiger partial charge in [0.2, 0.25) is 5.91 Å². The molecule has 6 atom stereocenters. The summed E-state index contributed by atoms with van der Waals surface area (Å²) in [4.78, 5) is 40.4. The molecule has 0 aliphatic heterocycles. The fourth-order valence-corrected chi connectivity index (χ4v) is 7.46. The molecular weight excluding hydrogens is 390 g/mol. The first-order chi connectivity index (χ1) is 14.3. The minimum atomic E-state index is -0.984. The molecule has 4 aliphatic rings. The Morgan fingerprint density at radius 1 is 1.23 bits per heavy atom. The zero-order chi connectivity index (χ0) is 22.9. The summed E-state index contributed by atoms with van der Waals surface area (Å²) in [5, 5.41) is 9.96. The van der Waals surface area contributed by atoms with Gasteiger partial charge in [-0.15, -0.1) is 0 Å². The van der Waals surface area contributed by atoms with Crippen LogP contribution < -0.4 is 0 Å². The Bertz CT molecular complexity index is 894. The smallest absolute Gasteiger partial charge is 0.333 e. The van der Waals surface area contributed by atoms with E-state index in [0.29, 0.717) is 30.5 Å². The molecule has 0 aromatic carbocycles. The van der Waals surface area contributed by atoms with Crippen LogP contribution in [0.4, 0.5) is 0 Å². The Hall–Kier alpha value is -1.91. The first kappa shape index (κ1) is 22.3. The second-order valence-corrected chi connectivity index (χ2v) is 12.0. The number of carboxylic acid groups (broad SMARTS) is 1. The van der Waals surface area contributed by atoms with Crippen LogP contribution in [-0.4, -0.2) is 40.8 Å². The number of fused-ring (bicyclic) bond motifs is 5. The van der Waals surface area contributed by atoms with Gasteiger partial charge < -0.3 is 10.0 Å². The maximum atomic E-state index is 13.6. The topological polar surface area (TPSA) is 74.7 Å². The molecule has 5 heteroatoms. The fraction of sp³-hybridized carbons (Fsp3) is 0.731. The fourth-order valence-electron chi connectivity index (χ4n) is 7.46. The number of aliphatic carboxylic acids is 1. The highest BCUT2D eigenvalue weighted by atomic mass is 16.4. The molecule has 1 amide bonds. The van der Waals surface area contributed by atoms with Crippen molar-refractivity contribution in [3.63, 3.8) is 0 Å². The van der Waals surface area contributed by atoms with Gasteiger partial charge in [0.25, 0.3) is 0 Å². The molecule has 0 bridgehead atoms. The molecule has 0 spiro atoms. The van der Waals surface area contributed by atoms with E-state index in [-0.39, 0.29) is 22.8 Å². The predicted octanol–water partition coefficient (Wildman–Crippen LogP) is 4.62. The highest BCUT2D eigenvalue weighted by Crippen LogP contribution is 2.63. The summed E-state index contributed by atoms with van der Waals surface area (Å²) in [6, 6.07) is -0.533. The van der Waals surface area contributed by atoms with Gasteiger partial charge in [0, 0.05) is 30.2 Å². The van der Waals surface area contributed by atoms with Crippen LogP contribution in [0.2, 0.25) is 0 Å². The summed E-state index contributed by atoms with van der Waals surface area (Å²) in [5.41, 5.74) is 0.330. The van der Waals surface area contributed by atoms with Crippen molar-refractivity contribution in [3.8, 4) is 0 Å². The van der Waals surface area contributed by atoms with Crippen LogP contribution in [0.3, 0.4) is 0 Å². The van der Waals surface area contributed by atoms with Crippen LogP contribution in [-0.2, 0) is 14.4 Å². The van der Waals surface area contributed by atoms with Crippen molar-refractivity contribution in [2.75, 3.05) is 7.05 Å². The Morgan fingerprint density at radius 2 is 1.90 bits per heavy atom. The number of likely N-dealkylation sites (N-methyl/N-ethyl adjacent to an activating group) is 1. The largest absolute Gasteiger partial charge is 0.478 e. The molecular formula is C26H37NO4. The highest BCUT2D eigenvalue weighted by Gasteiger charge is 2.60. The van der Waals surface area contributed by atoms with Gasteiger partial charge >= 0.3 is 5.97 Å². The van der Waals surface area contributed by atoms with Gasteiger partial charge in [-0.1, -0.05) is 47.1 Å². The van der Waals surface area contributed by atoms with Gasteiger partial charge in [-0.2, -0.15) is 0 Å². The van der Waals surface area contributed by atoms with Crippen molar-refractivity contribution >= 4 is 17.7 Å². The lowest BCUT2D eigenvalue weighted by Crippen LogP contribution is -2.56. The van der Waals surface area contributed by atoms with E-state index in [4.69, 9.17) is 0 Å². The Morgan fingerprint density at radius 3 is 2.52 bits per heavy atom. The van der Waals surface area contributed by atoms with E-state index in [1.165, 1.54) is 12.8 Å². The van der Waals surface area contributed by atoms with Crippen molar-refractivity contribution in [1.29, 1.82) is 0 Å². The van der Waals surface area contributed by atoms with Crippen LogP contribution >= 0.6 is 0 Å². The number of carbonyl (C=O) groups is 3. The molecule has 2 saturated carbocycles. The lowest BCUT2D eigenvalue weighted by atomic mass is 9.48. The molecule has 170 valence electrons. The van der Waals surface area contributed by atoms with E-state index in [9.17, 15) is 19.5 Å². The molecule has 0 heterocycles. The number of Topliss-reactive ketones (excluding diaryl/α,β-unsaturated/α-hetero) is 1. The molecule has 1 N–H and O–H groups in total. The van der Waals surface area contributed by atoms with E-state index < -0.39 is 22.8 Å². The van der Waals surface area contributed by atoms with Crippen LogP contribution in [0.5, 0.6) is 0 Å². The number of carbonyl (C=O) groups excluding carboxylic acids is 2. The molecule has 2 fully saturated rings. The molecule has 5 nitrogen and oxygen atoms in total. The van der Waals surface area contributed by atoms with Gasteiger partial charge in [0.1, 0.15) is 5.78 Å². The number of ketones is 1. The third-order valence-corrected chi connectivity index (χ3v) is 8.95. The third kappa shape index (κ3) is 3.30. The summed E-state index contributed by atoms with van der Waals surface area (Å²) in [6.45, 7) is 10.0. The van der Waals surface area contributed by atoms with E-state index >= 15 is 0 Å². The number of rotatable bonds is 2. The second kappa shape index (κ2) is 7.05. The number of amides is 1. The zero-order valence-corrected chi connectivity index (χ0v) is 19.8. The maximum Gasteiger partial charge on any atom is 0.333 e. The number of carboxylic acids is 1. The van der Waals surface area contributed by atoms with Crippen LogP contribution in [0.25, 0.3) is 0 Å². The van der Waals surface area contributed by atoms with Gasteiger partial charge in [0.15, 0.2) is 0 Å². The van der Waals surface area contributed by atoms with Gasteiger partial charge in [-0.05, 0) is 54.6 Å². The molecule has 4 unspecified atom stereocenters. The van der Waals surface area contributed by atoms with E-state index in [1.807, 2.05) is 20.8 Å². The van der Waals surface area contributed by atoms with Gasteiger partial charge in [-0.3, -0.25) is 9.59 Å². The van der Waals surface area contributed by atoms with Gasteiger partial charge in [-0.25, -0.2) is 4.79 Å². The summed E-state index contributed by atoms with van der Waals surface area (Å²) >= 11 is 0. The standard InChI is InChI=1S/C26H37NO4/c1-24(2,3)23(31)27(6)19-13-26(5)15(12-17(19)22(29)30)9-10-16-18-8-7-11-25(18,4)14-20(28)21(16)26/h9,12,16,18-19,21H,7-8,10-11,13-14H2,1-6H3,(H,29,30)/t16?,18?,19?,21?,25-,26-/m0/s1. The summed E-state index contributed by atoms with van der Waals surface area (Å²) in [7, 11) is 1.71. The average molecular weight is 428 g/mol. The summed E-state index contributed by atoms with van der Waals surface area (Å²) < 4.78 is 0. The Kier molecular flexibility index (Phi) is 5.07. The maximum absolute atomic E-state index is 13.6. The number of nitrogens with zero attached hydrogens (tertiary/aromatic N) is 1. The number of hydrogen-bond donors (Lipinski definition) is 1. The quantitative estimate of drug-likeness (QED) is 0.698. The van der Waals surface area contributed by atoms with Crippen molar-refractivity contribution in [2.24, 2.45) is 34.0 Å². The Labute approximate surface area is 185 Å². The van der Waals surface area contributed by atoms with Crippen molar-refractivity contribution < 1.29 is 19.5 Å². The van der Waals surface area contributed by atoms with Crippen LogP contribution in [0.15, 0.2) is 23.3 Å². The SMILES string of the molecule is CN(C(=O)C(C)(C)C)C1C[C@@]2(C)C(=CCC3C4CCC[C@@]4(C)CC(=O)C32)C=C1C(=O)O. The molecule has 0 radical (unpaired) electrons. The first-order valence-corrected chi connectivity index (χ1v) is 11.7. The number of hydrogen-bond acceptors (Lipinski definition) is 3. The highest BCUT2D eigenvalue weighted by molar-refractivity contribution is 5.92. The molecule has 0 aromatic heterocycles. The third-order valence-electron chi connectivity index (χ3n) is 8.95. The monoisotopic (exact) mass is 427 g/mol. The second-order valence-electron chi connectivity index (χ2n) is 12.0. The summed E-state index contributed by atoms with van der Waals surface area (Å²) in [6.07, 6.45) is 9.47. The minimum Gasteiger partial charge on any atom is -0.478 e. The first-order valence-electron chi connectivity index (χ1n) is 11.7. The number of allylic oxidation sites excluding steroid dienone is 3. The normalized spacial score (nSPS) is 39.6. The molecule has 31 heavy (non-hydrogen) atoms. The predicted molar refractivity (Wildman–Crippen MR) is 119 cm³/mol. The summed E-state index contributed by atoms with van der Waals surface area (Å²) in [5.74, 6) is 0.0762.